The first kappa shape index (κ1) is 22.2. The van der Waals surface area contributed by atoms with E-state index in [-0.39, 0.29) is 17.2 Å². The number of ether oxygens (including phenoxy) is 4. The Morgan fingerprint density at radius 2 is 1.72 bits per heavy atom. The molecule has 0 amide bonds. The molecule has 3 aromatic rings. The lowest BCUT2D eigenvalue weighted by Crippen LogP contribution is -2.16. The van der Waals surface area contributed by atoms with Gasteiger partial charge in [0, 0.05) is 11.6 Å². The van der Waals surface area contributed by atoms with Gasteiger partial charge in [-0.3, -0.25) is 9.78 Å². The summed E-state index contributed by atoms with van der Waals surface area (Å²) in [6.45, 7) is 0. The van der Waals surface area contributed by atoms with Gasteiger partial charge in [-0.1, -0.05) is 30.3 Å². The topological polar surface area (TPSA) is 131 Å². The van der Waals surface area contributed by atoms with Crippen molar-refractivity contribution < 1.29 is 18.9 Å². The Balaban J connectivity index is 2.01. The standard InChI is InChI=1S/C22H21N5O5/c1-29-16-10-17(30-2)20(32-4)19(31-3)15(16)12-24-27-22-25-18(13-8-6-5-7-9-13)14(11-23)21(28)26-22/h5-10,12H,1-4H3,(H2,25,26,27,28). The molecule has 32 heavy (non-hydrogen) atoms. The summed E-state index contributed by atoms with van der Waals surface area (Å²) in [7, 11) is 5.97. The summed E-state index contributed by atoms with van der Waals surface area (Å²) < 4.78 is 21.6. The number of nitrogens with one attached hydrogen (secondary N) is 2. The fourth-order valence-electron chi connectivity index (χ4n) is 3.04. The van der Waals surface area contributed by atoms with Crippen molar-refractivity contribution in [2.45, 2.75) is 0 Å². The van der Waals surface area contributed by atoms with Gasteiger partial charge in [0.25, 0.3) is 5.56 Å². The van der Waals surface area contributed by atoms with E-state index in [2.05, 4.69) is 20.5 Å². The van der Waals surface area contributed by atoms with Crippen LogP contribution in [0.5, 0.6) is 23.0 Å². The van der Waals surface area contributed by atoms with E-state index in [9.17, 15) is 10.1 Å². The zero-order valence-corrected chi connectivity index (χ0v) is 17.9. The molecule has 2 aromatic carbocycles. The highest BCUT2D eigenvalue weighted by Crippen LogP contribution is 2.44. The summed E-state index contributed by atoms with van der Waals surface area (Å²) in [6, 6.07) is 12.5. The molecule has 0 bridgehead atoms. The van der Waals surface area contributed by atoms with E-state index < -0.39 is 5.56 Å². The van der Waals surface area contributed by atoms with Crippen LogP contribution in [0.3, 0.4) is 0 Å². The van der Waals surface area contributed by atoms with Crippen LogP contribution in [-0.2, 0) is 0 Å². The Hall–Kier alpha value is -4.52. The van der Waals surface area contributed by atoms with Gasteiger partial charge in [-0.2, -0.15) is 10.4 Å². The van der Waals surface area contributed by atoms with Crippen molar-refractivity contribution in [2.24, 2.45) is 5.10 Å². The summed E-state index contributed by atoms with van der Waals surface area (Å²) in [5.41, 5.74) is 3.35. The molecular formula is C22H21N5O5. The number of rotatable bonds is 8. The molecule has 10 heteroatoms. The number of hydrogen-bond acceptors (Lipinski definition) is 9. The van der Waals surface area contributed by atoms with Crippen LogP contribution in [0.4, 0.5) is 5.95 Å². The molecule has 0 fully saturated rings. The molecule has 3 rings (SSSR count). The molecule has 164 valence electrons. The Morgan fingerprint density at radius 3 is 2.31 bits per heavy atom. The second kappa shape index (κ2) is 9.99. The number of hydrazone groups is 1. The maximum atomic E-state index is 12.4. The van der Waals surface area contributed by atoms with E-state index in [1.807, 2.05) is 12.1 Å². The SMILES string of the molecule is COc1cc(OC)c(OC)c(OC)c1C=NNc1nc(-c2ccccc2)c(C#N)c(=O)[nH]1. The molecule has 0 saturated carbocycles. The van der Waals surface area contributed by atoms with Crippen LogP contribution in [0.2, 0.25) is 0 Å². The highest BCUT2D eigenvalue weighted by molar-refractivity contribution is 5.90. The lowest BCUT2D eigenvalue weighted by molar-refractivity contribution is 0.318. The summed E-state index contributed by atoms with van der Waals surface area (Å²) in [4.78, 5) is 19.2. The number of H-pyrrole nitrogens is 1. The molecule has 0 spiro atoms. The zero-order valence-electron chi connectivity index (χ0n) is 17.9. The van der Waals surface area contributed by atoms with Gasteiger partial charge in [-0.25, -0.2) is 10.4 Å². The number of methoxy groups -OCH3 is 4. The summed E-state index contributed by atoms with van der Waals surface area (Å²) in [5.74, 6) is 1.63. The number of nitriles is 1. The minimum Gasteiger partial charge on any atom is -0.496 e. The van der Waals surface area contributed by atoms with Crippen molar-refractivity contribution in [3.63, 3.8) is 0 Å². The van der Waals surface area contributed by atoms with Crippen LogP contribution in [0.1, 0.15) is 11.1 Å². The highest BCUT2D eigenvalue weighted by Gasteiger charge is 2.20. The molecule has 0 saturated heterocycles. The van der Waals surface area contributed by atoms with E-state index >= 15 is 0 Å². The number of anilines is 1. The van der Waals surface area contributed by atoms with Crippen molar-refractivity contribution in [1.29, 1.82) is 5.26 Å². The van der Waals surface area contributed by atoms with E-state index in [1.165, 1.54) is 34.7 Å². The van der Waals surface area contributed by atoms with Crippen molar-refractivity contribution in [3.05, 3.63) is 57.9 Å². The Kier molecular flexibility index (Phi) is 6.92. The van der Waals surface area contributed by atoms with Crippen molar-refractivity contribution in [2.75, 3.05) is 33.9 Å². The van der Waals surface area contributed by atoms with Gasteiger partial charge < -0.3 is 18.9 Å². The van der Waals surface area contributed by atoms with Crippen LogP contribution in [0.15, 0.2) is 46.3 Å². The fourth-order valence-corrected chi connectivity index (χ4v) is 3.04. The molecule has 0 atom stereocenters. The van der Waals surface area contributed by atoms with E-state index in [4.69, 9.17) is 18.9 Å². The van der Waals surface area contributed by atoms with E-state index in [1.54, 1.807) is 30.3 Å². The first-order valence-electron chi connectivity index (χ1n) is 9.33. The molecule has 1 heterocycles. The maximum absolute atomic E-state index is 12.4. The maximum Gasteiger partial charge on any atom is 0.270 e. The molecule has 0 radical (unpaired) electrons. The van der Waals surface area contributed by atoms with Crippen molar-refractivity contribution in [1.82, 2.24) is 9.97 Å². The van der Waals surface area contributed by atoms with Crippen LogP contribution >= 0.6 is 0 Å². The average Bonchev–Trinajstić information content (AvgIpc) is 2.83. The van der Waals surface area contributed by atoms with Crippen LogP contribution in [-0.4, -0.2) is 44.6 Å². The largest absolute Gasteiger partial charge is 0.496 e. The Morgan fingerprint density at radius 1 is 1.03 bits per heavy atom. The number of benzene rings is 2. The van der Waals surface area contributed by atoms with Gasteiger partial charge in [0.2, 0.25) is 11.7 Å². The fraction of sp³-hybridized carbons (Fsp3) is 0.182. The normalized spacial score (nSPS) is 10.5. The van der Waals surface area contributed by atoms with Gasteiger partial charge in [-0.15, -0.1) is 0 Å². The van der Waals surface area contributed by atoms with Gasteiger partial charge in [0.1, 0.15) is 17.4 Å². The minimum absolute atomic E-state index is 0.0579. The first-order valence-corrected chi connectivity index (χ1v) is 9.33. The number of aromatic nitrogens is 2. The highest BCUT2D eigenvalue weighted by atomic mass is 16.5. The number of nitrogens with zero attached hydrogens (tertiary/aromatic N) is 3. The summed E-state index contributed by atoms with van der Waals surface area (Å²) >= 11 is 0. The first-order chi connectivity index (χ1) is 15.6. The number of aromatic amines is 1. The van der Waals surface area contributed by atoms with Gasteiger partial charge in [0.05, 0.1) is 45.9 Å². The minimum atomic E-state index is -0.583. The number of hydrogen-bond donors (Lipinski definition) is 2. The zero-order chi connectivity index (χ0) is 23.1. The van der Waals surface area contributed by atoms with Crippen LogP contribution < -0.4 is 29.9 Å². The van der Waals surface area contributed by atoms with Crippen molar-refractivity contribution in [3.8, 4) is 40.3 Å². The predicted octanol–water partition coefficient (Wildman–Crippen LogP) is 2.79. The van der Waals surface area contributed by atoms with Crippen LogP contribution in [0, 0.1) is 11.3 Å². The third-order valence-corrected chi connectivity index (χ3v) is 4.49. The van der Waals surface area contributed by atoms with E-state index in [0.29, 0.717) is 34.1 Å². The molecule has 1 aromatic heterocycles. The third kappa shape index (κ3) is 4.32. The average molecular weight is 435 g/mol. The predicted molar refractivity (Wildman–Crippen MR) is 119 cm³/mol. The van der Waals surface area contributed by atoms with Gasteiger partial charge in [0.15, 0.2) is 11.5 Å². The summed E-state index contributed by atoms with van der Waals surface area (Å²) in [5, 5.41) is 13.5. The quantitative estimate of drug-likeness (QED) is 0.408. The third-order valence-electron chi connectivity index (χ3n) is 4.49. The smallest absolute Gasteiger partial charge is 0.270 e. The lowest BCUT2D eigenvalue weighted by Gasteiger charge is -2.16. The molecule has 10 nitrogen and oxygen atoms in total. The second-order valence-corrected chi connectivity index (χ2v) is 6.25. The summed E-state index contributed by atoms with van der Waals surface area (Å²) in [6.07, 6.45) is 1.43. The molecule has 0 unspecified atom stereocenters. The Labute approximate surface area is 184 Å². The molecule has 0 aliphatic rings. The van der Waals surface area contributed by atoms with Crippen molar-refractivity contribution >= 4 is 12.2 Å². The van der Waals surface area contributed by atoms with E-state index in [0.717, 1.165) is 0 Å². The van der Waals surface area contributed by atoms with Gasteiger partial charge in [-0.05, 0) is 0 Å². The molecular weight excluding hydrogens is 414 g/mol. The monoisotopic (exact) mass is 435 g/mol. The van der Waals surface area contributed by atoms with Gasteiger partial charge >= 0.3 is 0 Å². The van der Waals surface area contributed by atoms with Crippen LogP contribution in [0.25, 0.3) is 11.3 Å². The lowest BCUT2D eigenvalue weighted by atomic mass is 10.1. The Bertz CT molecular complexity index is 1230. The molecule has 0 aliphatic heterocycles. The second-order valence-electron chi connectivity index (χ2n) is 6.25. The molecule has 0 aliphatic carbocycles. The molecule has 2 N–H and O–H groups in total.